The molecule has 4 aromatic rings. The minimum Gasteiger partial charge on any atom is -0.497 e. The number of fused-ring (bicyclic) bond motifs is 1. The van der Waals surface area contributed by atoms with Crippen LogP contribution in [-0.2, 0) is 16.6 Å². The lowest BCUT2D eigenvalue weighted by Gasteiger charge is -2.17. The Kier molecular flexibility index (Phi) is 6.38. The van der Waals surface area contributed by atoms with Crippen molar-refractivity contribution in [2.75, 3.05) is 18.9 Å². The number of pyridine rings is 1. The van der Waals surface area contributed by atoms with Crippen molar-refractivity contribution in [2.24, 2.45) is 0 Å². The Labute approximate surface area is 196 Å². The summed E-state index contributed by atoms with van der Waals surface area (Å²) in [6.07, 6.45) is 1.36. The number of amides is 1. The number of hydrogen-bond donors (Lipinski definition) is 2. The van der Waals surface area contributed by atoms with Gasteiger partial charge in [0.05, 0.1) is 17.7 Å². The smallest absolute Gasteiger partial charge is 0.261 e. The van der Waals surface area contributed by atoms with Crippen molar-refractivity contribution in [3.05, 3.63) is 100 Å². The monoisotopic (exact) mass is 477 g/mol. The Morgan fingerprint density at radius 1 is 1.03 bits per heavy atom. The van der Waals surface area contributed by atoms with Crippen LogP contribution in [-0.4, -0.2) is 38.4 Å². The first kappa shape index (κ1) is 23.1. The predicted molar refractivity (Wildman–Crippen MR) is 131 cm³/mol. The van der Waals surface area contributed by atoms with Crippen LogP contribution in [0.5, 0.6) is 5.75 Å². The van der Waals surface area contributed by atoms with Gasteiger partial charge in [-0.25, -0.2) is 8.42 Å². The maximum Gasteiger partial charge on any atom is 0.261 e. The molecule has 0 radical (unpaired) electrons. The number of methoxy groups -OCH3 is 1. The van der Waals surface area contributed by atoms with E-state index in [1.807, 2.05) is 30.3 Å². The molecule has 0 aliphatic carbocycles. The summed E-state index contributed by atoms with van der Waals surface area (Å²) in [4.78, 5) is 30.4. The van der Waals surface area contributed by atoms with Crippen LogP contribution in [0.3, 0.4) is 0 Å². The Bertz CT molecular complexity index is 1510. The van der Waals surface area contributed by atoms with Gasteiger partial charge in [-0.2, -0.15) is 0 Å². The summed E-state index contributed by atoms with van der Waals surface area (Å²) in [5.41, 5.74) is 1.05. The van der Waals surface area contributed by atoms with Crippen molar-refractivity contribution < 1.29 is 17.9 Å². The SMILES string of the molecule is COc1cccc(NS(=O)(=O)c2ccc3[nH]cc(C(=O)N(C)Cc4ccccc4)c(=O)c3c2)c1. The molecular formula is C25H23N3O5S. The first-order chi connectivity index (χ1) is 16.3. The molecule has 0 aliphatic rings. The van der Waals surface area contributed by atoms with Crippen molar-refractivity contribution in [2.45, 2.75) is 11.4 Å². The summed E-state index contributed by atoms with van der Waals surface area (Å²) in [6.45, 7) is 0.329. The Morgan fingerprint density at radius 2 is 1.79 bits per heavy atom. The number of aromatic nitrogens is 1. The topological polar surface area (TPSA) is 109 Å². The van der Waals surface area contributed by atoms with Crippen LogP contribution in [0.15, 0.2) is 88.7 Å². The number of sulfonamides is 1. The average molecular weight is 478 g/mol. The molecular weight excluding hydrogens is 454 g/mol. The molecule has 8 nitrogen and oxygen atoms in total. The number of benzene rings is 3. The molecule has 9 heteroatoms. The maximum absolute atomic E-state index is 13.1. The summed E-state index contributed by atoms with van der Waals surface area (Å²) in [6, 6.07) is 20.1. The van der Waals surface area contributed by atoms with Crippen LogP contribution in [0.2, 0.25) is 0 Å². The van der Waals surface area contributed by atoms with E-state index >= 15 is 0 Å². The zero-order valence-electron chi connectivity index (χ0n) is 18.6. The number of aromatic amines is 1. The van der Waals surface area contributed by atoms with Gasteiger partial charge in [0, 0.05) is 36.8 Å². The third kappa shape index (κ3) is 4.79. The largest absolute Gasteiger partial charge is 0.497 e. The molecule has 1 aromatic heterocycles. The number of nitrogens with one attached hydrogen (secondary N) is 2. The zero-order chi connectivity index (χ0) is 24.3. The van der Waals surface area contributed by atoms with Crippen molar-refractivity contribution in [3.63, 3.8) is 0 Å². The molecule has 1 heterocycles. The summed E-state index contributed by atoms with van der Waals surface area (Å²) >= 11 is 0. The maximum atomic E-state index is 13.1. The molecule has 3 aromatic carbocycles. The number of rotatable bonds is 7. The Balaban J connectivity index is 1.66. The predicted octanol–water partition coefficient (Wildman–Crippen LogP) is 3.61. The Morgan fingerprint density at radius 3 is 2.53 bits per heavy atom. The first-order valence-corrected chi connectivity index (χ1v) is 11.9. The fourth-order valence-electron chi connectivity index (χ4n) is 3.56. The van der Waals surface area contributed by atoms with Crippen LogP contribution >= 0.6 is 0 Å². The highest BCUT2D eigenvalue weighted by molar-refractivity contribution is 7.92. The summed E-state index contributed by atoms with van der Waals surface area (Å²) < 4.78 is 33.5. The van der Waals surface area contributed by atoms with Gasteiger partial charge in [0.15, 0.2) is 0 Å². The van der Waals surface area contributed by atoms with Gasteiger partial charge in [-0.05, 0) is 35.9 Å². The lowest BCUT2D eigenvalue weighted by Crippen LogP contribution is -2.30. The van der Waals surface area contributed by atoms with E-state index in [0.717, 1.165) is 5.56 Å². The number of hydrogen-bond acceptors (Lipinski definition) is 5. The normalized spacial score (nSPS) is 11.2. The molecule has 34 heavy (non-hydrogen) atoms. The quantitative estimate of drug-likeness (QED) is 0.423. The lowest BCUT2D eigenvalue weighted by molar-refractivity contribution is 0.0783. The average Bonchev–Trinajstić information content (AvgIpc) is 2.84. The lowest BCUT2D eigenvalue weighted by atomic mass is 10.1. The first-order valence-electron chi connectivity index (χ1n) is 10.4. The second-order valence-electron chi connectivity index (χ2n) is 7.72. The summed E-state index contributed by atoms with van der Waals surface area (Å²) in [5.74, 6) is 0.0349. The van der Waals surface area contributed by atoms with E-state index in [9.17, 15) is 18.0 Å². The van der Waals surface area contributed by atoms with Gasteiger partial charge in [0.1, 0.15) is 11.3 Å². The minimum atomic E-state index is -3.99. The van der Waals surface area contributed by atoms with Crippen LogP contribution in [0.25, 0.3) is 10.9 Å². The molecule has 0 spiro atoms. The summed E-state index contributed by atoms with van der Waals surface area (Å²) in [7, 11) is -0.896. The van der Waals surface area contributed by atoms with Crippen molar-refractivity contribution in [3.8, 4) is 5.75 Å². The van der Waals surface area contributed by atoms with E-state index < -0.39 is 21.4 Å². The van der Waals surface area contributed by atoms with Crippen molar-refractivity contribution >= 4 is 32.5 Å². The Hall–Kier alpha value is -4.11. The van der Waals surface area contributed by atoms with Crippen LogP contribution in [0.4, 0.5) is 5.69 Å². The fourth-order valence-corrected chi connectivity index (χ4v) is 4.63. The van der Waals surface area contributed by atoms with Crippen LogP contribution in [0, 0.1) is 0 Å². The number of H-pyrrole nitrogens is 1. The molecule has 2 N–H and O–H groups in total. The molecule has 1 amide bonds. The molecule has 0 saturated heterocycles. The highest BCUT2D eigenvalue weighted by Crippen LogP contribution is 2.22. The van der Waals surface area contributed by atoms with Gasteiger partial charge in [0.25, 0.3) is 15.9 Å². The standard InChI is InChI=1S/C25H23N3O5S/c1-28(16-17-7-4-3-5-8-17)25(30)22-15-26-23-12-11-20(14-21(23)24(22)29)34(31,32)27-18-9-6-10-19(13-18)33-2/h3-15,27H,16H2,1-2H3,(H,26,29). The molecule has 0 atom stereocenters. The second-order valence-corrected chi connectivity index (χ2v) is 9.41. The molecule has 0 bridgehead atoms. The van der Waals surface area contributed by atoms with Gasteiger partial charge >= 0.3 is 0 Å². The van der Waals surface area contributed by atoms with E-state index in [0.29, 0.717) is 23.5 Å². The number of nitrogens with zero attached hydrogens (tertiary/aromatic N) is 1. The molecule has 0 saturated carbocycles. The second kappa shape index (κ2) is 9.40. The van der Waals surface area contributed by atoms with E-state index in [2.05, 4.69) is 9.71 Å². The van der Waals surface area contributed by atoms with Gasteiger partial charge in [0.2, 0.25) is 5.43 Å². The number of ether oxygens (including phenoxy) is 1. The zero-order valence-corrected chi connectivity index (χ0v) is 19.4. The minimum absolute atomic E-state index is 0.0683. The molecule has 0 fully saturated rings. The third-order valence-corrected chi connectivity index (χ3v) is 6.70. The van der Waals surface area contributed by atoms with Crippen LogP contribution in [0.1, 0.15) is 15.9 Å². The van der Waals surface area contributed by atoms with E-state index in [1.54, 1.807) is 31.3 Å². The van der Waals surface area contributed by atoms with Crippen molar-refractivity contribution in [1.82, 2.24) is 9.88 Å². The van der Waals surface area contributed by atoms with Gasteiger partial charge in [-0.3, -0.25) is 14.3 Å². The van der Waals surface area contributed by atoms with E-state index in [1.165, 1.54) is 36.4 Å². The fraction of sp³-hybridized carbons (Fsp3) is 0.120. The number of carbonyl (C=O) groups is 1. The third-order valence-electron chi connectivity index (χ3n) is 5.32. The van der Waals surface area contributed by atoms with Gasteiger partial charge in [-0.1, -0.05) is 36.4 Å². The molecule has 0 unspecified atom stereocenters. The van der Waals surface area contributed by atoms with Gasteiger partial charge < -0.3 is 14.6 Å². The molecule has 4 rings (SSSR count). The van der Waals surface area contributed by atoms with E-state index in [4.69, 9.17) is 4.74 Å². The number of anilines is 1. The van der Waals surface area contributed by atoms with Crippen LogP contribution < -0.4 is 14.9 Å². The molecule has 0 aliphatic heterocycles. The highest BCUT2D eigenvalue weighted by Gasteiger charge is 2.20. The summed E-state index contributed by atoms with van der Waals surface area (Å²) in [5, 5.41) is 0.104. The number of carbonyl (C=O) groups excluding carboxylic acids is 1. The highest BCUT2D eigenvalue weighted by atomic mass is 32.2. The molecule has 174 valence electrons. The van der Waals surface area contributed by atoms with Gasteiger partial charge in [-0.15, -0.1) is 0 Å². The van der Waals surface area contributed by atoms with E-state index in [-0.39, 0.29) is 15.8 Å². The van der Waals surface area contributed by atoms with Crippen molar-refractivity contribution in [1.29, 1.82) is 0 Å².